The van der Waals surface area contributed by atoms with E-state index in [-0.39, 0.29) is 10.5 Å². The zero-order chi connectivity index (χ0) is 19.5. The first-order valence-electron chi connectivity index (χ1n) is 8.01. The number of carbonyl (C=O) groups is 2. The van der Waals surface area contributed by atoms with Gasteiger partial charge in [-0.3, -0.25) is 9.59 Å². The summed E-state index contributed by atoms with van der Waals surface area (Å²) in [5.74, 6) is -1.70. The van der Waals surface area contributed by atoms with Crippen LogP contribution in [0.3, 0.4) is 0 Å². The number of hydrogen-bond acceptors (Lipinski definition) is 6. The standard InChI is InChI=1S/C16H23N3O6S/c1-17(2)26(23,24)12-4-5-14(19-6-8-25-9-7-19)13(10-12)16(22)18(3)11-15(20)21/h4-5,10H,6-9,11H2,1-3H3,(H,20,21). The van der Waals surface area contributed by atoms with Gasteiger partial charge in [-0.2, -0.15) is 0 Å². The summed E-state index contributed by atoms with van der Waals surface area (Å²) in [6.07, 6.45) is 0. The van der Waals surface area contributed by atoms with Gasteiger partial charge in [0.15, 0.2) is 0 Å². The summed E-state index contributed by atoms with van der Waals surface area (Å²) in [6.45, 7) is 1.63. The molecule has 26 heavy (non-hydrogen) atoms. The van der Waals surface area contributed by atoms with E-state index in [1.165, 1.54) is 33.3 Å². The Morgan fingerprint density at radius 2 is 1.81 bits per heavy atom. The number of sulfonamides is 1. The average molecular weight is 385 g/mol. The number of rotatable bonds is 6. The quantitative estimate of drug-likeness (QED) is 0.730. The number of amides is 1. The molecular weight excluding hydrogens is 362 g/mol. The molecule has 1 fully saturated rings. The van der Waals surface area contributed by atoms with Crippen LogP contribution in [0.5, 0.6) is 0 Å². The van der Waals surface area contributed by atoms with E-state index in [0.29, 0.717) is 32.0 Å². The summed E-state index contributed by atoms with van der Waals surface area (Å²) in [4.78, 5) is 26.7. The number of likely N-dealkylation sites (N-methyl/N-ethyl adjacent to an activating group) is 1. The molecule has 1 aromatic rings. The van der Waals surface area contributed by atoms with Crippen LogP contribution in [-0.4, -0.2) is 88.6 Å². The predicted octanol–water partition coefficient (Wildman–Crippen LogP) is -0.0699. The van der Waals surface area contributed by atoms with E-state index < -0.39 is 28.4 Å². The summed E-state index contributed by atoms with van der Waals surface area (Å²) in [7, 11) is 0.454. The number of carboxylic acid groups (broad SMARTS) is 1. The minimum absolute atomic E-state index is 0.0217. The molecule has 10 heteroatoms. The molecule has 0 saturated carbocycles. The summed E-state index contributed by atoms with van der Waals surface area (Å²) < 4.78 is 31.2. The van der Waals surface area contributed by atoms with Crippen LogP contribution in [0.1, 0.15) is 10.4 Å². The number of aliphatic carboxylic acids is 1. The molecule has 9 nitrogen and oxygen atoms in total. The molecular formula is C16H23N3O6S. The van der Waals surface area contributed by atoms with Crippen LogP contribution in [0.4, 0.5) is 5.69 Å². The van der Waals surface area contributed by atoms with Crippen molar-refractivity contribution in [3.8, 4) is 0 Å². The number of benzene rings is 1. The van der Waals surface area contributed by atoms with Crippen molar-refractivity contribution in [2.24, 2.45) is 0 Å². The molecule has 1 aliphatic rings. The van der Waals surface area contributed by atoms with Gasteiger partial charge in [0.1, 0.15) is 6.54 Å². The van der Waals surface area contributed by atoms with Gasteiger partial charge in [-0.1, -0.05) is 0 Å². The number of carboxylic acids is 1. The second kappa shape index (κ2) is 8.02. The first kappa shape index (κ1) is 20.1. The number of ether oxygens (including phenoxy) is 1. The van der Waals surface area contributed by atoms with Gasteiger partial charge >= 0.3 is 5.97 Å². The third-order valence-electron chi connectivity index (χ3n) is 4.05. The second-order valence-corrected chi connectivity index (χ2v) is 8.27. The molecule has 0 aromatic heterocycles. The molecule has 0 radical (unpaired) electrons. The number of carbonyl (C=O) groups excluding carboxylic acids is 1. The van der Waals surface area contributed by atoms with E-state index in [4.69, 9.17) is 9.84 Å². The molecule has 1 heterocycles. The van der Waals surface area contributed by atoms with E-state index in [0.717, 1.165) is 9.21 Å². The van der Waals surface area contributed by atoms with Crippen LogP contribution in [0.2, 0.25) is 0 Å². The number of morpholine rings is 1. The van der Waals surface area contributed by atoms with Crippen LogP contribution in [-0.2, 0) is 19.6 Å². The molecule has 1 saturated heterocycles. The lowest BCUT2D eigenvalue weighted by Crippen LogP contribution is -2.39. The third kappa shape index (κ3) is 4.32. The van der Waals surface area contributed by atoms with Gasteiger partial charge in [0.05, 0.1) is 23.7 Å². The average Bonchev–Trinajstić information content (AvgIpc) is 2.60. The largest absolute Gasteiger partial charge is 0.480 e. The first-order chi connectivity index (χ1) is 12.1. The summed E-state index contributed by atoms with van der Waals surface area (Å²) in [5.41, 5.74) is 0.715. The molecule has 0 atom stereocenters. The molecule has 144 valence electrons. The van der Waals surface area contributed by atoms with Crippen LogP contribution < -0.4 is 4.90 Å². The Labute approximate surface area is 152 Å². The van der Waals surface area contributed by atoms with Crippen LogP contribution in [0, 0.1) is 0 Å². The molecule has 1 N–H and O–H groups in total. The highest BCUT2D eigenvalue weighted by Gasteiger charge is 2.26. The van der Waals surface area contributed by atoms with Gasteiger partial charge < -0.3 is 19.6 Å². The maximum absolute atomic E-state index is 12.8. The molecule has 0 unspecified atom stereocenters. The van der Waals surface area contributed by atoms with Crippen LogP contribution in [0.25, 0.3) is 0 Å². The van der Waals surface area contributed by atoms with E-state index in [1.807, 2.05) is 4.90 Å². The predicted molar refractivity (Wildman–Crippen MR) is 94.9 cm³/mol. The molecule has 2 rings (SSSR count). The minimum atomic E-state index is -3.73. The number of anilines is 1. The Hall–Kier alpha value is -2.17. The highest BCUT2D eigenvalue weighted by atomic mass is 32.2. The van der Waals surface area contributed by atoms with E-state index >= 15 is 0 Å². The van der Waals surface area contributed by atoms with Crippen LogP contribution in [0.15, 0.2) is 23.1 Å². The minimum Gasteiger partial charge on any atom is -0.480 e. The number of nitrogens with zero attached hydrogens (tertiary/aromatic N) is 3. The van der Waals surface area contributed by atoms with Crippen molar-refractivity contribution < 1.29 is 27.9 Å². The van der Waals surface area contributed by atoms with Gasteiger partial charge in [-0.25, -0.2) is 12.7 Å². The van der Waals surface area contributed by atoms with E-state index in [1.54, 1.807) is 6.07 Å². The fraction of sp³-hybridized carbons (Fsp3) is 0.500. The van der Waals surface area contributed by atoms with E-state index in [2.05, 4.69) is 0 Å². The fourth-order valence-corrected chi connectivity index (χ4v) is 3.55. The SMILES string of the molecule is CN(CC(=O)O)C(=O)c1cc(S(=O)(=O)N(C)C)ccc1N1CCOCC1. The van der Waals surface area contributed by atoms with Crippen LogP contribution >= 0.6 is 0 Å². The third-order valence-corrected chi connectivity index (χ3v) is 5.86. The first-order valence-corrected chi connectivity index (χ1v) is 9.45. The topological polar surface area (TPSA) is 107 Å². The van der Waals surface area contributed by atoms with Crippen molar-refractivity contribution in [3.05, 3.63) is 23.8 Å². The zero-order valence-electron chi connectivity index (χ0n) is 15.0. The van der Waals surface area contributed by atoms with Crippen molar-refractivity contribution in [3.63, 3.8) is 0 Å². The lowest BCUT2D eigenvalue weighted by atomic mass is 10.1. The maximum Gasteiger partial charge on any atom is 0.323 e. The van der Waals surface area contributed by atoms with Gasteiger partial charge in [-0.15, -0.1) is 0 Å². The van der Waals surface area contributed by atoms with Gasteiger partial charge in [0.2, 0.25) is 10.0 Å². The summed E-state index contributed by atoms with van der Waals surface area (Å²) in [5, 5.41) is 8.93. The van der Waals surface area contributed by atoms with E-state index in [9.17, 15) is 18.0 Å². The highest BCUT2D eigenvalue weighted by molar-refractivity contribution is 7.89. The Morgan fingerprint density at radius 3 is 2.35 bits per heavy atom. The van der Waals surface area contributed by atoms with Crippen molar-refractivity contribution in [1.82, 2.24) is 9.21 Å². The smallest absolute Gasteiger partial charge is 0.323 e. The lowest BCUT2D eigenvalue weighted by Gasteiger charge is -2.31. The summed E-state index contributed by atoms with van der Waals surface area (Å²) >= 11 is 0. The molecule has 0 aliphatic carbocycles. The normalized spacial score (nSPS) is 15.2. The lowest BCUT2D eigenvalue weighted by molar-refractivity contribution is -0.137. The Balaban J connectivity index is 2.51. The Morgan fingerprint density at radius 1 is 1.19 bits per heavy atom. The van der Waals surface area contributed by atoms with Crippen molar-refractivity contribution in [2.45, 2.75) is 4.90 Å². The zero-order valence-corrected chi connectivity index (χ0v) is 15.8. The highest BCUT2D eigenvalue weighted by Crippen LogP contribution is 2.27. The Kier molecular flexibility index (Phi) is 6.21. The molecule has 1 aliphatic heterocycles. The van der Waals surface area contributed by atoms with Crippen molar-refractivity contribution in [2.75, 3.05) is 58.9 Å². The van der Waals surface area contributed by atoms with Gasteiger partial charge in [-0.05, 0) is 18.2 Å². The van der Waals surface area contributed by atoms with Crippen molar-refractivity contribution >= 4 is 27.6 Å². The monoisotopic (exact) mass is 385 g/mol. The fourth-order valence-electron chi connectivity index (χ4n) is 2.62. The van der Waals surface area contributed by atoms with Gasteiger partial charge in [0, 0.05) is 39.9 Å². The number of hydrogen-bond donors (Lipinski definition) is 1. The summed E-state index contributed by atoms with van der Waals surface area (Å²) in [6, 6.07) is 4.35. The van der Waals surface area contributed by atoms with Crippen molar-refractivity contribution in [1.29, 1.82) is 0 Å². The molecule has 0 spiro atoms. The Bertz CT molecular complexity index is 787. The van der Waals surface area contributed by atoms with Gasteiger partial charge in [0.25, 0.3) is 5.91 Å². The molecule has 0 bridgehead atoms. The molecule has 1 aromatic carbocycles. The maximum atomic E-state index is 12.8. The second-order valence-electron chi connectivity index (χ2n) is 6.12. The molecule has 1 amide bonds.